The molecule has 17 heteroatoms. The van der Waals surface area contributed by atoms with E-state index in [0.29, 0.717) is 58.9 Å². The van der Waals surface area contributed by atoms with Crippen LogP contribution in [0.5, 0.6) is 5.88 Å². The van der Waals surface area contributed by atoms with E-state index in [2.05, 4.69) is 71.0 Å². The van der Waals surface area contributed by atoms with Gasteiger partial charge in [-0.25, -0.2) is 29.6 Å². The van der Waals surface area contributed by atoms with Crippen molar-refractivity contribution in [2.45, 2.75) is 70.1 Å². The van der Waals surface area contributed by atoms with Crippen molar-refractivity contribution < 1.29 is 22.7 Å². The number of carbonyl (C=O) groups excluding carboxylic acids is 1. The molecular formula is C48H47F3N12O2. The van der Waals surface area contributed by atoms with Crippen LogP contribution in [-0.4, -0.2) is 88.3 Å². The van der Waals surface area contributed by atoms with Crippen LogP contribution in [0.3, 0.4) is 0 Å². The van der Waals surface area contributed by atoms with Crippen molar-refractivity contribution in [2.24, 2.45) is 5.73 Å². The summed E-state index contributed by atoms with van der Waals surface area (Å²) in [7, 11) is 1.56. The number of amides is 1. The first-order valence-electron chi connectivity index (χ1n) is 21.6. The van der Waals surface area contributed by atoms with Crippen LogP contribution in [0.2, 0.25) is 0 Å². The van der Waals surface area contributed by atoms with E-state index in [1.54, 1.807) is 36.1 Å². The summed E-state index contributed by atoms with van der Waals surface area (Å²) < 4.78 is 50.0. The topological polar surface area (TPSA) is 159 Å². The van der Waals surface area contributed by atoms with Crippen molar-refractivity contribution in [2.75, 3.05) is 38.2 Å². The summed E-state index contributed by atoms with van der Waals surface area (Å²) >= 11 is 0. The highest BCUT2D eigenvalue weighted by Crippen LogP contribution is 2.45. The van der Waals surface area contributed by atoms with Crippen LogP contribution >= 0.6 is 0 Å². The average Bonchev–Trinajstić information content (AvgIpc) is 3.89. The van der Waals surface area contributed by atoms with Crippen molar-refractivity contribution in [3.63, 3.8) is 0 Å². The summed E-state index contributed by atoms with van der Waals surface area (Å²) in [6.45, 7) is 6.66. The molecule has 1 saturated heterocycles. The molecule has 2 fully saturated rings. The molecule has 1 amide bonds. The molecule has 14 nitrogen and oxygen atoms in total. The van der Waals surface area contributed by atoms with Gasteiger partial charge in [0.05, 0.1) is 37.1 Å². The van der Waals surface area contributed by atoms with Gasteiger partial charge in [0, 0.05) is 48.4 Å². The number of primary amides is 1. The highest BCUT2D eigenvalue weighted by atomic mass is 19.4. The number of fused-ring (bicyclic) bond motifs is 1. The highest BCUT2D eigenvalue weighted by molar-refractivity contribution is 6.04. The monoisotopic (exact) mass is 880 g/mol. The summed E-state index contributed by atoms with van der Waals surface area (Å²) in [5.74, 6) is 8.30. The summed E-state index contributed by atoms with van der Waals surface area (Å²) in [5.41, 5.74) is 10.7. The molecule has 7 aromatic rings. The number of aromatic nitrogens is 9. The second kappa shape index (κ2) is 18.1. The molecule has 1 aliphatic heterocycles. The molecule has 5 heterocycles. The van der Waals surface area contributed by atoms with Crippen molar-refractivity contribution in [3.8, 4) is 46.2 Å². The standard InChI is InChI=1S/C48H47F3N12O2/c1-30(2)62-27-39(48(49,50)51)57-45(62)34-13-11-31(12-14-34)24-61(47-56-29-54-44(58-47)40-42(33-15-16-33)53-28-55-46(40)65-3)23-5-4-21-60-22-7-9-35(25-60)32-17-19-37(20-18-32)63-26-36-8-6-10-38(43(52)64)41(36)59-63/h6,8,10-14,17-20,26-30,33,35H,7,9,15-16,21-25H2,1-3H3,(H2,52,64)/t35-/m1/s1. The number of nitrogens with two attached hydrogens (primary N) is 1. The minimum atomic E-state index is -4.56. The van der Waals surface area contributed by atoms with E-state index in [9.17, 15) is 18.0 Å². The molecule has 0 bridgehead atoms. The molecular weight excluding hydrogens is 834 g/mol. The van der Waals surface area contributed by atoms with Gasteiger partial charge in [0.15, 0.2) is 11.5 Å². The Morgan fingerprint density at radius 3 is 2.43 bits per heavy atom. The SMILES string of the molecule is COc1ncnc(C2CC2)c1-c1ncnc(N(CC#CCN2CCC[C@@H](c3ccc(-n4cc5cccc(C(N)=O)c5n4)cc3)C2)Cc2ccc(-c3nc(C(F)(F)F)cn3C(C)C)cc2)n1. The Bertz CT molecular complexity index is 2900. The van der Waals surface area contributed by atoms with Crippen molar-refractivity contribution in [1.82, 2.24) is 49.2 Å². The first kappa shape index (κ1) is 43.1. The second-order valence-corrected chi connectivity index (χ2v) is 16.7. The van der Waals surface area contributed by atoms with E-state index in [-0.39, 0.29) is 24.3 Å². The third kappa shape index (κ3) is 9.39. The normalized spacial score (nSPS) is 15.5. The van der Waals surface area contributed by atoms with Crippen LogP contribution < -0.4 is 15.4 Å². The number of rotatable bonds is 13. The number of methoxy groups -OCH3 is 1. The molecule has 2 aliphatic rings. The molecule has 0 radical (unpaired) electrons. The Balaban J connectivity index is 0.930. The van der Waals surface area contributed by atoms with Gasteiger partial charge < -0.3 is 19.9 Å². The van der Waals surface area contributed by atoms with Crippen LogP contribution in [0, 0.1) is 11.8 Å². The van der Waals surface area contributed by atoms with Gasteiger partial charge in [-0.3, -0.25) is 9.69 Å². The molecule has 1 aliphatic carbocycles. The van der Waals surface area contributed by atoms with E-state index in [0.717, 1.165) is 67.3 Å². The maximum atomic E-state index is 13.7. The van der Waals surface area contributed by atoms with E-state index >= 15 is 0 Å². The summed E-state index contributed by atoms with van der Waals surface area (Å²) in [6.07, 6.45) is 5.48. The zero-order chi connectivity index (χ0) is 45.2. The smallest absolute Gasteiger partial charge is 0.434 e. The fourth-order valence-corrected chi connectivity index (χ4v) is 8.35. The number of hydrogen-bond donors (Lipinski definition) is 1. The third-order valence-electron chi connectivity index (χ3n) is 11.9. The Morgan fingerprint density at radius 2 is 1.71 bits per heavy atom. The quantitative estimate of drug-likeness (QED) is 0.112. The number of nitrogens with zero attached hydrogens (tertiary/aromatic N) is 11. The number of carbonyl (C=O) groups is 1. The lowest BCUT2D eigenvalue weighted by atomic mass is 9.90. The maximum Gasteiger partial charge on any atom is 0.434 e. The first-order valence-corrected chi connectivity index (χ1v) is 21.6. The molecule has 2 N–H and O–H groups in total. The van der Waals surface area contributed by atoms with Crippen LogP contribution in [0.25, 0.3) is 39.4 Å². The van der Waals surface area contributed by atoms with E-state index < -0.39 is 17.8 Å². The number of hydrogen-bond acceptors (Lipinski definition) is 11. The van der Waals surface area contributed by atoms with Crippen LogP contribution in [0.4, 0.5) is 19.1 Å². The molecule has 1 saturated carbocycles. The molecule has 1 atom stereocenters. The van der Waals surface area contributed by atoms with Gasteiger partial charge in [-0.05, 0) is 81.3 Å². The Labute approximate surface area is 373 Å². The van der Waals surface area contributed by atoms with E-state index in [1.807, 2.05) is 43.1 Å². The third-order valence-corrected chi connectivity index (χ3v) is 11.9. The molecule has 65 heavy (non-hydrogen) atoms. The number of anilines is 1. The fourth-order valence-electron chi connectivity index (χ4n) is 8.35. The molecule has 9 rings (SSSR count). The summed E-state index contributed by atoms with van der Waals surface area (Å²) in [5, 5.41) is 5.50. The second-order valence-electron chi connectivity index (χ2n) is 16.7. The van der Waals surface area contributed by atoms with Crippen LogP contribution in [0.15, 0.2) is 91.8 Å². The Hall–Kier alpha value is -7.19. The van der Waals surface area contributed by atoms with E-state index in [1.165, 1.54) is 22.8 Å². The molecule has 4 aromatic heterocycles. The zero-order valence-corrected chi connectivity index (χ0v) is 36.2. The maximum absolute atomic E-state index is 13.7. The fraction of sp³-hybridized carbons (Fsp3) is 0.333. The molecule has 0 unspecified atom stereocenters. The van der Waals surface area contributed by atoms with Crippen LogP contribution in [0.1, 0.15) is 90.3 Å². The number of piperidine rings is 1. The summed E-state index contributed by atoms with van der Waals surface area (Å²) in [6, 6.07) is 20.9. The highest BCUT2D eigenvalue weighted by Gasteiger charge is 2.35. The minimum absolute atomic E-state index is 0.228. The lowest BCUT2D eigenvalue weighted by Gasteiger charge is -2.31. The summed E-state index contributed by atoms with van der Waals surface area (Å²) in [4.78, 5) is 43.2. The number of alkyl halides is 3. The Morgan fingerprint density at radius 1 is 0.923 bits per heavy atom. The van der Waals surface area contributed by atoms with Gasteiger partial charge in [0.25, 0.3) is 5.91 Å². The Kier molecular flexibility index (Phi) is 12.0. The first-order chi connectivity index (χ1) is 31.4. The van der Waals surface area contributed by atoms with Gasteiger partial charge in [-0.2, -0.15) is 23.3 Å². The molecule has 3 aromatic carbocycles. The largest absolute Gasteiger partial charge is 0.480 e. The average molecular weight is 881 g/mol. The zero-order valence-electron chi connectivity index (χ0n) is 36.2. The van der Waals surface area contributed by atoms with Gasteiger partial charge >= 0.3 is 6.18 Å². The van der Waals surface area contributed by atoms with Crippen molar-refractivity contribution in [1.29, 1.82) is 0 Å². The molecule has 332 valence electrons. The van der Waals surface area contributed by atoms with Crippen LogP contribution in [-0.2, 0) is 12.7 Å². The lowest BCUT2D eigenvalue weighted by molar-refractivity contribution is -0.140. The lowest BCUT2D eigenvalue weighted by Crippen LogP contribution is -2.34. The predicted octanol–water partition coefficient (Wildman–Crippen LogP) is 8.01. The number of likely N-dealkylation sites (tertiary alicyclic amines) is 1. The number of imidazole rings is 1. The minimum Gasteiger partial charge on any atom is -0.480 e. The number of ether oxygens (including phenoxy) is 1. The number of benzene rings is 3. The van der Waals surface area contributed by atoms with Gasteiger partial charge in [-0.15, -0.1) is 0 Å². The van der Waals surface area contributed by atoms with Gasteiger partial charge in [0.2, 0.25) is 11.8 Å². The number of halogens is 3. The van der Waals surface area contributed by atoms with E-state index in [4.69, 9.17) is 15.5 Å². The van der Waals surface area contributed by atoms with Gasteiger partial charge in [0.1, 0.15) is 29.6 Å². The van der Waals surface area contributed by atoms with Crippen molar-refractivity contribution in [3.05, 3.63) is 120 Å². The van der Waals surface area contributed by atoms with Crippen molar-refractivity contribution >= 4 is 22.8 Å². The van der Waals surface area contributed by atoms with Gasteiger partial charge in [-0.1, -0.05) is 60.4 Å². The molecule has 0 spiro atoms. The predicted molar refractivity (Wildman–Crippen MR) is 239 cm³/mol.